The van der Waals surface area contributed by atoms with Crippen molar-refractivity contribution >= 4 is 35.1 Å². The summed E-state index contributed by atoms with van der Waals surface area (Å²) in [5, 5.41) is 19.4. The van der Waals surface area contributed by atoms with E-state index < -0.39 is 0 Å². The second kappa shape index (κ2) is 17.7. The fourth-order valence-corrected chi connectivity index (χ4v) is 17.0. The summed E-state index contributed by atoms with van der Waals surface area (Å²) in [6.45, 7) is 14.4. The molecule has 1 spiro atoms. The van der Waals surface area contributed by atoms with Crippen LogP contribution in [0.15, 0.2) is 97.1 Å². The second-order valence-electron chi connectivity index (χ2n) is 21.2. The zero-order chi connectivity index (χ0) is 45.0. The molecule has 0 radical (unpaired) electrons. The summed E-state index contributed by atoms with van der Waals surface area (Å²) in [7, 11) is 0. The molecule has 0 aromatic heterocycles. The second-order valence-corrected chi connectivity index (χ2v) is 24.3. The Morgan fingerprint density at radius 1 is 0.609 bits per heavy atom. The van der Waals surface area contributed by atoms with Gasteiger partial charge in [-0.2, -0.15) is 0 Å². The summed E-state index contributed by atoms with van der Waals surface area (Å²) in [6.07, 6.45) is 15.1. The molecule has 9 atom stereocenters. The number of phenols is 2. The summed E-state index contributed by atoms with van der Waals surface area (Å²) in [4.78, 5) is 24.2. The number of benzene rings is 4. The van der Waals surface area contributed by atoms with Crippen LogP contribution in [0.5, 0.6) is 17.2 Å². The van der Waals surface area contributed by atoms with Crippen LogP contribution >= 0.6 is 23.5 Å². The van der Waals surface area contributed by atoms with Crippen LogP contribution in [0.3, 0.4) is 0 Å². The molecule has 5 nitrogen and oxygen atoms in total. The number of phenolic OH excluding ortho intramolecular Hbond substituents is 2. The average molecular weight is 897 g/mol. The topological polar surface area (TPSA) is 83.8 Å². The number of ether oxygens (including phenoxy) is 1. The van der Waals surface area contributed by atoms with Crippen molar-refractivity contribution in [3.05, 3.63) is 136 Å². The molecule has 11 rings (SSSR count). The van der Waals surface area contributed by atoms with Crippen LogP contribution in [0.1, 0.15) is 143 Å². The van der Waals surface area contributed by atoms with E-state index in [-0.39, 0.29) is 34.4 Å². The Morgan fingerprint density at radius 2 is 1.17 bits per heavy atom. The van der Waals surface area contributed by atoms with Crippen LogP contribution in [0.2, 0.25) is 0 Å². The van der Waals surface area contributed by atoms with Gasteiger partial charge in [-0.3, -0.25) is 9.59 Å². The van der Waals surface area contributed by atoms with E-state index in [1.165, 1.54) is 69.7 Å². The third-order valence-electron chi connectivity index (χ3n) is 17.2. The number of fused-ring (bicyclic) bond motifs is 9. The molecule has 4 aromatic rings. The molecule has 0 bridgehead atoms. The van der Waals surface area contributed by atoms with Gasteiger partial charge >= 0.3 is 0 Å². The monoisotopic (exact) mass is 896 g/mol. The molecule has 7 aliphatic rings. The quantitative estimate of drug-likeness (QED) is 0.212. The van der Waals surface area contributed by atoms with Crippen LogP contribution in [0.25, 0.3) is 0 Å². The lowest BCUT2D eigenvalue weighted by atomic mass is 9.55. The van der Waals surface area contributed by atoms with E-state index in [2.05, 4.69) is 108 Å². The molecule has 1 heterocycles. The van der Waals surface area contributed by atoms with Gasteiger partial charge in [0.2, 0.25) is 0 Å². The Labute approximate surface area is 390 Å². The van der Waals surface area contributed by atoms with Gasteiger partial charge in [0.05, 0.1) is 4.08 Å². The Kier molecular flexibility index (Phi) is 12.5. The van der Waals surface area contributed by atoms with Gasteiger partial charge in [0, 0.05) is 35.7 Å². The number of allylic oxidation sites excluding steroid dienone is 2. The van der Waals surface area contributed by atoms with E-state index in [9.17, 15) is 19.8 Å². The van der Waals surface area contributed by atoms with Crippen molar-refractivity contribution in [2.75, 3.05) is 11.5 Å². The van der Waals surface area contributed by atoms with E-state index in [4.69, 9.17) is 4.74 Å². The normalized spacial score (nSPS) is 32.8. The summed E-state index contributed by atoms with van der Waals surface area (Å²) in [5.74, 6) is 7.13. The van der Waals surface area contributed by atoms with Crippen LogP contribution in [0, 0.1) is 34.0 Å². The molecule has 0 amide bonds. The first-order chi connectivity index (χ1) is 30.6. The number of Topliss-reactive ketones (excluding diaryl/α,β-unsaturated/α-hetero) is 1. The number of hydrogen-bond acceptors (Lipinski definition) is 7. The third-order valence-corrected chi connectivity index (χ3v) is 21.2. The maximum Gasteiger partial charge on any atom is 0.158 e. The van der Waals surface area contributed by atoms with Crippen molar-refractivity contribution in [2.24, 2.45) is 34.0 Å². The van der Waals surface area contributed by atoms with Crippen LogP contribution in [-0.4, -0.2) is 37.4 Å². The van der Waals surface area contributed by atoms with Crippen LogP contribution in [0.4, 0.5) is 0 Å². The molecule has 7 heteroatoms. The zero-order valence-electron chi connectivity index (χ0n) is 38.8. The standard InChI is InChI=1S/C23H24O2.C18H24OS2.C16H20O2/c1-16-21(24)11-13-23(2)12-10-18-14-19(8-9-20(18)22(16)23)25-15-17-6-4-3-5-7-17;1-12-16-15-4-3-14(19)11-13(15)5-6-17(16,2)7-8-18(12)20-9-10-21-18;1-10-14(18)6-8-16(2)7-5-11-9-12(17)3-4-13(11)15(10)16/h3-9,11,13-14,16,22H,10,12,15H2,1-2H3;3-4,11-12,16,19H,5-10H2,1-2H3;3-4,9-10,15,17H,5-8H2,1-2H3/t16?,22-,23+;12-,16+,17-;10-,15-,16+/m101/s1. The lowest BCUT2D eigenvalue weighted by Gasteiger charge is -2.55. The first-order valence-electron chi connectivity index (χ1n) is 24.1. The molecule has 2 N–H and O–H groups in total. The summed E-state index contributed by atoms with van der Waals surface area (Å²) >= 11 is 4.44. The molecule has 3 fully saturated rings. The van der Waals surface area contributed by atoms with Crippen molar-refractivity contribution in [3.8, 4) is 17.2 Å². The number of carbonyl (C=O) groups excluding carboxylic acids is 2. The van der Waals surface area contributed by atoms with Gasteiger partial charge in [-0.05, 0) is 173 Å². The molecular formula is C57H68O5S2. The van der Waals surface area contributed by atoms with Gasteiger partial charge in [0.1, 0.15) is 29.6 Å². The minimum atomic E-state index is 0.0464. The van der Waals surface area contributed by atoms with Gasteiger partial charge in [-0.1, -0.05) is 96.1 Å². The molecule has 1 unspecified atom stereocenters. The first kappa shape index (κ1) is 45.2. The smallest absolute Gasteiger partial charge is 0.158 e. The Balaban J connectivity index is 0.000000123. The van der Waals surface area contributed by atoms with E-state index in [1.807, 2.05) is 42.5 Å². The first-order valence-corrected chi connectivity index (χ1v) is 26.1. The minimum absolute atomic E-state index is 0.0464. The molecule has 338 valence electrons. The number of hydrogen-bond donors (Lipinski definition) is 2. The Hall–Kier alpha value is -3.94. The molecule has 4 aromatic carbocycles. The van der Waals surface area contributed by atoms with Gasteiger partial charge in [-0.25, -0.2) is 0 Å². The SMILES string of the molecule is CC1C(=O)C=C[C@]2(C)CCc3cc(OCc4ccccc4)ccc3[C@@H]12.C[C@@H]1C(=O)CC[C@]2(C)CCc3cc(O)ccc3[C@@H]12.C[C@H]1[C@@H]2c3ccc(O)cc3CC[C@@]2(C)CCC12SCCS2. The number of aryl methyl sites for hydroxylation is 3. The zero-order valence-corrected chi connectivity index (χ0v) is 40.5. The largest absolute Gasteiger partial charge is 0.508 e. The van der Waals surface area contributed by atoms with Crippen molar-refractivity contribution in [3.63, 3.8) is 0 Å². The maximum atomic E-state index is 12.2. The fraction of sp³-hybridized carbons (Fsp3) is 0.509. The molecule has 1 saturated heterocycles. The van der Waals surface area contributed by atoms with Crippen molar-refractivity contribution < 1.29 is 24.5 Å². The van der Waals surface area contributed by atoms with E-state index in [1.54, 1.807) is 12.1 Å². The number of carbonyl (C=O) groups is 2. The third kappa shape index (κ3) is 8.39. The van der Waals surface area contributed by atoms with Crippen molar-refractivity contribution in [2.45, 2.75) is 134 Å². The highest BCUT2D eigenvalue weighted by molar-refractivity contribution is 8.21. The van der Waals surface area contributed by atoms with Crippen LogP contribution < -0.4 is 4.74 Å². The van der Waals surface area contributed by atoms with Gasteiger partial charge in [0.25, 0.3) is 0 Å². The predicted molar refractivity (Wildman–Crippen MR) is 264 cm³/mol. The van der Waals surface area contributed by atoms with E-state index >= 15 is 0 Å². The number of ketones is 2. The lowest BCUT2D eigenvalue weighted by Crippen LogP contribution is -2.47. The highest BCUT2D eigenvalue weighted by Gasteiger charge is 2.56. The Bertz CT molecular complexity index is 2420. The lowest BCUT2D eigenvalue weighted by molar-refractivity contribution is -0.128. The summed E-state index contributed by atoms with van der Waals surface area (Å²) in [5.41, 5.74) is 10.1. The van der Waals surface area contributed by atoms with Gasteiger partial charge in [-0.15, -0.1) is 23.5 Å². The average Bonchev–Trinajstić information content (AvgIpc) is 3.78. The van der Waals surface area contributed by atoms with Crippen molar-refractivity contribution in [1.82, 2.24) is 0 Å². The molecule has 64 heavy (non-hydrogen) atoms. The minimum Gasteiger partial charge on any atom is -0.508 e. The molecule has 6 aliphatic carbocycles. The van der Waals surface area contributed by atoms with Gasteiger partial charge in [0.15, 0.2) is 5.78 Å². The highest BCUT2D eigenvalue weighted by Crippen LogP contribution is 2.66. The highest BCUT2D eigenvalue weighted by atomic mass is 32.2. The van der Waals surface area contributed by atoms with Gasteiger partial charge < -0.3 is 14.9 Å². The van der Waals surface area contributed by atoms with Crippen LogP contribution in [-0.2, 0) is 35.5 Å². The van der Waals surface area contributed by atoms with Crippen molar-refractivity contribution in [1.29, 1.82) is 0 Å². The number of rotatable bonds is 3. The predicted octanol–water partition coefficient (Wildman–Crippen LogP) is 13.5. The van der Waals surface area contributed by atoms with E-state index in [0.717, 1.165) is 56.6 Å². The molecule has 2 saturated carbocycles. The van der Waals surface area contributed by atoms with E-state index in [0.29, 0.717) is 45.2 Å². The summed E-state index contributed by atoms with van der Waals surface area (Å²) < 4.78 is 6.44. The molecule has 1 aliphatic heterocycles. The molecular weight excluding hydrogens is 829 g/mol. The number of thioether (sulfide) groups is 2. The Morgan fingerprint density at radius 3 is 1.84 bits per heavy atom. The summed E-state index contributed by atoms with van der Waals surface area (Å²) in [6, 6.07) is 28.4. The fourth-order valence-electron chi connectivity index (χ4n) is 13.5. The maximum absolute atomic E-state index is 12.2. The number of aromatic hydroxyl groups is 2.